The fourth-order valence-electron chi connectivity index (χ4n) is 0.928. The zero-order valence-electron chi connectivity index (χ0n) is 8.88. The molecule has 0 aliphatic heterocycles. The maximum atomic E-state index is 11.0. The lowest BCUT2D eigenvalue weighted by Crippen LogP contribution is -2.21. The molecule has 0 saturated carbocycles. The highest BCUT2D eigenvalue weighted by Crippen LogP contribution is 2.15. The standard InChI is InChI=1S/C11H12NO3S/c1-2-11(14)15-9(7-13)8-16-10-5-3-4-6-12-10/h3-6,9H,2,8H2,1H3. The van der Waals surface area contributed by atoms with Crippen LogP contribution in [0.25, 0.3) is 0 Å². The van der Waals surface area contributed by atoms with Crippen molar-refractivity contribution in [2.45, 2.75) is 24.5 Å². The van der Waals surface area contributed by atoms with Crippen LogP contribution in [0.1, 0.15) is 13.3 Å². The van der Waals surface area contributed by atoms with Crippen LogP contribution < -0.4 is 0 Å². The van der Waals surface area contributed by atoms with E-state index >= 15 is 0 Å². The Kier molecular flexibility index (Phi) is 5.56. The summed E-state index contributed by atoms with van der Waals surface area (Å²) in [6.45, 7) is 1.68. The second kappa shape index (κ2) is 7.00. The van der Waals surface area contributed by atoms with Crippen LogP contribution in [-0.4, -0.2) is 29.1 Å². The number of esters is 1. The molecule has 1 atom stereocenters. The highest BCUT2D eigenvalue weighted by Gasteiger charge is 2.13. The van der Waals surface area contributed by atoms with Crippen molar-refractivity contribution in [2.75, 3.05) is 5.75 Å². The zero-order valence-corrected chi connectivity index (χ0v) is 9.70. The minimum absolute atomic E-state index is 0.256. The molecule has 0 N–H and O–H groups in total. The maximum Gasteiger partial charge on any atom is 0.306 e. The fourth-order valence-corrected chi connectivity index (χ4v) is 1.70. The Labute approximate surface area is 98.4 Å². The van der Waals surface area contributed by atoms with E-state index in [0.29, 0.717) is 5.75 Å². The molecular formula is C11H12NO3S. The molecule has 0 saturated heterocycles. The van der Waals surface area contributed by atoms with Gasteiger partial charge in [0.15, 0.2) is 6.10 Å². The van der Waals surface area contributed by atoms with Gasteiger partial charge in [-0.1, -0.05) is 13.0 Å². The van der Waals surface area contributed by atoms with Crippen LogP contribution in [0.5, 0.6) is 0 Å². The van der Waals surface area contributed by atoms with Gasteiger partial charge in [-0.3, -0.25) is 9.59 Å². The summed E-state index contributed by atoms with van der Waals surface area (Å²) in [7, 11) is 0. The lowest BCUT2D eigenvalue weighted by molar-refractivity contribution is -0.144. The SMILES string of the molecule is CCC(=O)OC([C]=O)CSc1ccccn1. The Hall–Kier alpha value is -1.36. The fraction of sp³-hybridized carbons (Fsp3) is 0.364. The third-order valence-corrected chi connectivity index (χ3v) is 2.72. The van der Waals surface area contributed by atoms with Crippen LogP contribution in [-0.2, 0) is 14.3 Å². The third-order valence-electron chi connectivity index (χ3n) is 1.71. The molecule has 1 unspecified atom stereocenters. The molecule has 0 fully saturated rings. The number of ether oxygens (including phenoxy) is 1. The third kappa shape index (κ3) is 4.44. The van der Waals surface area contributed by atoms with Gasteiger partial charge in [0.2, 0.25) is 6.29 Å². The monoisotopic (exact) mass is 238 g/mol. The van der Waals surface area contributed by atoms with Crippen molar-refractivity contribution in [3.05, 3.63) is 24.4 Å². The van der Waals surface area contributed by atoms with Crippen LogP contribution in [0.15, 0.2) is 29.4 Å². The molecule has 16 heavy (non-hydrogen) atoms. The molecule has 5 heteroatoms. The van der Waals surface area contributed by atoms with Gasteiger partial charge in [-0.2, -0.15) is 0 Å². The Morgan fingerprint density at radius 3 is 3.00 bits per heavy atom. The smallest absolute Gasteiger partial charge is 0.306 e. The summed E-state index contributed by atoms with van der Waals surface area (Å²) in [5.74, 6) is -0.0540. The van der Waals surface area contributed by atoms with Crippen molar-refractivity contribution in [1.29, 1.82) is 0 Å². The van der Waals surface area contributed by atoms with Crippen molar-refractivity contribution in [2.24, 2.45) is 0 Å². The number of rotatable bonds is 6. The number of nitrogens with zero attached hydrogens (tertiary/aromatic N) is 1. The first kappa shape index (κ1) is 12.7. The van der Waals surface area contributed by atoms with E-state index in [1.165, 1.54) is 11.8 Å². The number of carbonyl (C=O) groups excluding carboxylic acids is 2. The number of aromatic nitrogens is 1. The summed E-state index contributed by atoms with van der Waals surface area (Å²) in [5, 5.41) is 0.787. The molecule has 1 aromatic rings. The summed E-state index contributed by atoms with van der Waals surface area (Å²) in [4.78, 5) is 25.6. The average molecular weight is 238 g/mol. The minimum atomic E-state index is -0.820. The van der Waals surface area contributed by atoms with Crippen molar-refractivity contribution in [3.63, 3.8) is 0 Å². The Morgan fingerprint density at radius 1 is 1.62 bits per heavy atom. The van der Waals surface area contributed by atoms with Gasteiger partial charge in [0.05, 0.1) is 5.03 Å². The molecule has 0 aliphatic rings. The predicted molar refractivity (Wildman–Crippen MR) is 60.8 cm³/mol. The van der Waals surface area contributed by atoms with E-state index in [-0.39, 0.29) is 6.42 Å². The Morgan fingerprint density at radius 2 is 2.44 bits per heavy atom. The summed E-state index contributed by atoms with van der Waals surface area (Å²) in [6.07, 6.45) is 2.80. The summed E-state index contributed by atoms with van der Waals surface area (Å²) < 4.78 is 4.86. The van der Waals surface area contributed by atoms with Gasteiger partial charge in [-0.15, -0.1) is 11.8 Å². The molecule has 1 aromatic heterocycles. The number of hydrogen-bond acceptors (Lipinski definition) is 5. The summed E-state index contributed by atoms with van der Waals surface area (Å²) >= 11 is 1.35. The van der Waals surface area contributed by atoms with Crippen molar-refractivity contribution < 1.29 is 14.3 Å². The summed E-state index contributed by atoms with van der Waals surface area (Å²) in [5.41, 5.74) is 0. The van der Waals surface area contributed by atoms with E-state index in [1.54, 1.807) is 19.4 Å². The molecule has 4 nitrogen and oxygen atoms in total. The van der Waals surface area contributed by atoms with Gasteiger partial charge in [0, 0.05) is 18.4 Å². The van der Waals surface area contributed by atoms with Gasteiger partial charge in [0.25, 0.3) is 0 Å². The van der Waals surface area contributed by atoms with Crippen molar-refractivity contribution >= 4 is 24.0 Å². The number of pyridine rings is 1. The number of carbonyl (C=O) groups is 1. The average Bonchev–Trinajstić information content (AvgIpc) is 2.35. The first-order chi connectivity index (χ1) is 7.76. The normalized spacial score (nSPS) is 11.8. The molecule has 85 valence electrons. The Bertz CT molecular complexity index is 342. The molecular weight excluding hydrogens is 226 g/mol. The second-order valence-electron chi connectivity index (χ2n) is 2.93. The first-order valence-corrected chi connectivity index (χ1v) is 5.85. The molecule has 1 heterocycles. The van der Waals surface area contributed by atoms with Crippen LogP contribution in [0.3, 0.4) is 0 Å². The second-order valence-corrected chi connectivity index (χ2v) is 3.97. The molecule has 0 bridgehead atoms. The lowest BCUT2D eigenvalue weighted by atomic mass is 10.4. The van der Waals surface area contributed by atoms with Gasteiger partial charge >= 0.3 is 5.97 Å². The van der Waals surface area contributed by atoms with Crippen LogP contribution in [0.4, 0.5) is 0 Å². The molecule has 0 amide bonds. The van der Waals surface area contributed by atoms with E-state index < -0.39 is 12.1 Å². The highest BCUT2D eigenvalue weighted by molar-refractivity contribution is 7.99. The molecule has 0 aromatic carbocycles. The van der Waals surface area contributed by atoms with Gasteiger partial charge in [-0.05, 0) is 12.1 Å². The molecule has 0 aliphatic carbocycles. The van der Waals surface area contributed by atoms with E-state index in [0.717, 1.165) is 5.03 Å². The summed E-state index contributed by atoms with van der Waals surface area (Å²) in [6, 6.07) is 5.49. The van der Waals surface area contributed by atoms with Crippen LogP contribution >= 0.6 is 11.8 Å². The molecule has 0 spiro atoms. The van der Waals surface area contributed by atoms with Gasteiger partial charge < -0.3 is 4.74 Å². The minimum Gasteiger partial charge on any atom is -0.453 e. The van der Waals surface area contributed by atoms with Crippen LogP contribution in [0.2, 0.25) is 0 Å². The van der Waals surface area contributed by atoms with Gasteiger partial charge in [-0.25, -0.2) is 4.98 Å². The quantitative estimate of drug-likeness (QED) is 0.556. The first-order valence-electron chi connectivity index (χ1n) is 4.87. The largest absolute Gasteiger partial charge is 0.453 e. The highest BCUT2D eigenvalue weighted by atomic mass is 32.2. The van der Waals surface area contributed by atoms with E-state index in [4.69, 9.17) is 4.74 Å². The molecule has 1 rings (SSSR count). The Balaban J connectivity index is 2.40. The predicted octanol–water partition coefficient (Wildman–Crippen LogP) is 1.61. The number of hydrogen-bond donors (Lipinski definition) is 0. The van der Waals surface area contributed by atoms with E-state index in [2.05, 4.69) is 4.98 Å². The molecule has 1 radical (unpaired) electrons. The zero-order chi connectivity index (χ0) is 11.8. The van der Waals surface area contributed by atoms with Crippen molar-refractivity contribution in [1.82, 2.24) is 4.98 Å². The van der Waals surface area contributed by atoms with Crippen LogP contribution in [0, 0.1) is 0 Å². The maximum absolute atomic E-state index is 11.0. The number of thioether (sulfide) groups is 1. The lowest BCUT2D eigenvalue weighted by Gasteiger charge is -2.09. The van der Waals surface area contributed by atoms with Gasteiger partial charge in [0.1, 0.15) is 0 Å². The van der Waals surface area contributed by atoms with E-state index in [9.17, 15) is 9.59 Å². The van der Waals surface area contributed by atoms with Crippen molar-refractivity contribution in [3.8, 4) is 0 Å². The topological polar surface area (TPSA) is 56.3 Å². The van der Waals surface area contributed by atoms with E-state index in [1.807, 2.05) is 18.2 Å².